The molecule has 0 radical (unpaired) electrons. The Kier molecular flexibility index (Phi) is 7.06. The molecule has 1 unspecified atom stereocenters. The highest BCUT2D eigenvalue weighted by molar-refractivity contribution is 7.86. The van der Waals surface area contributed by atoms with Crippen molar-refractivity contribution in [1.29, 1.82) is 0 Å². The van der Waals surface area contributed by atoms with Crippen LogP contribution in [0, 0.1) is 5.92 Å². The average Bonchev–Trinajstić information content (AvgIpc) is 2.60. The van der Waals surface area contributed by atoms with Gasteiger partial charge >= 0.3 is 0 Å². The SMILES string of the molecule is CN(C)S(=O)(=O)N1CCCC(C(=O)NCCOc2ccc(Cl)cc2)C1. The Labute approximate surface area is 154 Å². The first-order valence-corrected chi connectivity index (χ1v) is 9.92. The maximum absolute atomic E-state index is 12.3. The van der Waals surface area contributed by atoms with Gasteiger partial charge < -0.3 is 10.1 Å². The van der Waals surface area contributed by atoms with E-state index in [0.29, 0.717) is 43.3 Å². The summed E-state index contributed by atoms with van der Waals surface area (Å²) in [5.41, 5.74) is 0. The molecule has 140 valence electrons. The predicted molar refractivity (Wildman–Crippen MR) is 96.9 cm³/mol. The van der Waals surface area contributed by atoms with E-state index in [1.165, 1.54) is 22.7 Å². The fraction of sp³-hybridized carbons (Fsp3) is 0.562. The van der Waals surface area contributed by atoms with E-state index in [1.54, 1.807) is 24.3 Å². The normalized spacial score (nSPS) is 19.0. The molecule has 0 aliphatic carbocycles. The molecule has 1 aliphatic heterocycles. The molecule has 1 N–H and O–H groups in total. The van der Waals surface area contributed by atoms with Crippen LogP contribution in [0.2, 0.25) is 5.02 Å². The summed E-state index contributed by atoms with van der Waals surface area (Å²) in [5.74, 6) is 0.205. The Bertz CT molecular complexity index is 679. The first-order chi connectivity index (χ1) is 11.8. The molecule has 1 aliphatic rings. The van der Waals surface area contributed by atoms with Gasteiger partial charge in [0.05, 0.1) is 12.5 Å². The summed E-state index contributed by atoms with van der Waals surface area (Å²) in [5, 5.41) is 3.44. The average molecular weight is 390 g/mol. The molecule has 0 bridgehead atoms. The Balaban J connectivity index is 1.77. The molecule has 9 heteroatoms. The van der Waals surface area contributed by atoms with Crippen molar-refractivity contribution in [1.82, 2.24) is 13.9 Å². The molecule has 1 atom stereocenters. The van der Waals surface area contributed by atoms with Crippen molar-refractivity contribution < 1.29 is 17.9 Å². The maximum atomic E-state index is 12.3. The molecule has 1 aromatic carbocycles. The van der Waals surface area contributed by atoms with Crippen LogP contribution in [0.4, 0.5) is 0 Å². The maximum Gasteiger partial charge on any atom is 0.281 e. The van der Waals surface area contributed by atoms with Crippen LogP contribution in [-0.4, -0.2) is 63.3 Å². The van der Waals surface area contributed by atoms with Crippen LogP contribution in [0.3, 0.4) is 0 Å². The summed E-state index contributed by atoms with van der Waals surface area (Å²) < 4.78 is 32.4. The molecule has 0 aromatic heterocycles. The number of benzene rings is 1. The molecule has 0 spiro atoms. The van der Waals surface area contributed by atoms with E-state index in [9.17, 15) is 13.2 Å². The summed E-state index contributed by atoms with van der Waals surface area (Å²) in [6, 6.07) is 6.99. The minimum absolute atomic E-state index is 0.140. The van der Waals surface area contributed by atoms with Gasteiger partial charge in [-0.25, -0.2) is 0 Å². The van der Waals surface area contributed by atoms with E-state index in [-0.39, 0.29) is 18.4 Å². The van der Waals surface area contributed by atoms with Crippen LogP contribution < -0.4 is 10.1 Å². The lowest BCUT2D eigenvalue weighted by Gasteiger charge is -2.32. The molecule has 2 rings (SSSR count). The predicted octanol–water partition coefficient (Wildman–Crippen LogP) is 1.35. The minimum atomic E-state index is -3.48. The van der Waals surface area contributed by atoms with Crippen molar-refractivity contribution in [2.75, 3.05) is 40.3 Å². The number of rotatable bonds is 7. The molecule has 1 saturated heterocycles. The van der Waals surface area contributed by atoms with Crippen molar-refractivity contribution in [3.8, 4) is 5.75 Å². The third-order valence-electron chi connectivity index (χ3n) is 4.03. The number of carbonyl (C=O) groups excluding carboxylic acids is 1. The lowest BCUT2D eigenvalue weighted by Crippen LogP contribution is -2.49. The molecule has 1 heterocycles. The van der Waals surface area contributed by atoms with E-state index in [4.69, 9.17) is 16.3 Å². The lowest BCUT2D eigenvalue weighted by atomic mass is 9.99. The third kappa shape index (κ3) is 5.57. The topological polar surface area (TPSA) is 79.0 Å². The number of halogens is 1. The van der Waals surface area contributed by atoms with Gasteiger partial charge in [0.1, 0.15) is 12.4 Å². The number of amides is 1. The fourth-order valence-corrected chi connectivity index (χ4v) is 3.93. The van der Waals surface area contributed by atoms with Crippen LogP contribution in [-0.2, 0) is 15.0 Å². The van der Waals surface area contributed by atoms with Gasteiger partial charge in [0.15, 0.2) is 0 Å². The van der Waals surface area contributed by atoms with Crippen molar-refractivity contribution in [3.05, 3.63) is 29.3 Å². The summed E-state index contributed by atoms with van der Waals surface area (Å²) >= 11 is 5.80. The van der Waals surface area contributed by atoms with Crippen molar-refractivity contribution in [3.63, 3.8) is 0 Å². The van der Waals surface area contributed by atoms with Crippen LogP contribution in [0.5, 0.6) is 5.75 Å². The fourth-order valence-electron chi connectivity index (χ4n) is 2.62. The number of nitrogens with one attached hydrogen (secondary N) is 1. The minimum Gasteiger partial charge on any atom is -0.492 e. The number of hydrogen-bond donors (Lipinski definition) is 1. The first-order valence-electron chi connectivity index (χ1n) is 8.14. The molecule has 1 aromatic rings. The van der Waals surface area contributed by atoms with E-state index in [2.05, 4.69) is 5.32 Å². The lowest BCUT2D eigenvalue weighted by molar-refractivity contribution is -0.126. The Morgan fingerprint density at radius 3 is 2.68 bits per heavy atom. The van der Waals surface area contributed by atoms with Crippen LogP contribution >= 0.6 is 11.6 Å². The Morgan fingerprint density at radius 1 is 1.36 bits per heavy atom. The quantitative estimate of drug-likeness (QED) is 0.714. The van der Waals surface area contributed by atoms with Crippen LogP contribution in [0.15, 0.2) is 24.3 Å². The number of carbonyl (C=O) groups is 1. The van der Waals surface area contributed by atoms with Gasteiger partial charge in [-0.2, -0.15) is 17.0 Å². The summed E-state index contributed by atoms with van der Waals surface area (Å²) in [7, 11) is -0.494. The third-order valence-corrected chi connectivity index (χ3v) is 6.19. The number of nitrogens with zero attached hydrogens (tertiary/aromatic N) is 2. The molecule has 1 amide bonds. The Hall–Kier alpha value is -1.35. The van der Waals surface area contributed by atoms with E-state index in [0.717, 1.165) is 0 Å². The van der Waals surface area contributed by atoms with E-state index >= 15 is 0 Å². The number of ether oxygens (including phenoxy) is 1. The molecule has 7 nitrogen and oxygen atoms in total. The van der Waals surface area contributed by atoms with Gasteiger partial charge in [-0.05, 0) is 37.1 Å². The zero-order valence-electron chi connectivity index (χ0n) is 14.4. The second-order valence-electron chi connectivity index (χ2n) is 6.08. The first kappa shape index (κ1) is 20.0. The molecule has 0 saturated carbocycles. The standard InChI is InChI=1S/C16H24ClN3O4S/c1-19(2)25(22,23)20-10-3-4-13(12-20)16(21)18-9-11-24-15-7-5-14(17)6-8-15/h5-8,13H,3-4,9-12H2,1-2H3,(H,18,21). The molecule has 25 heavy (non-hydrogen) atoms. The van der Waals surface area contributed by atoms with Crippen molar-refractivity contribution in [2.45, 2.75) is 12.8 Å². The summed E-state index contributed by atoms with van der Waals surface area (Å²) in [4.78, 5) is 12.3. The number of piperidine rings is 1. The largest absolute Gasteiger partial charge is 0.492 e. The second-order valence-corrected chi connectivity index (χ2v) is 8.66. The molecular formula is C16H24ClN3O4S. The smallest absolute Gasteiger partial charge is 0.281 e. The second kappa shape index (κ2) is 8.84. The zero-order valence-corrected chi connectivity index (χ0v) is 16.0. The Morgan fingerprint density at radius 2 is 2.04 bits per heavy atom. The zero-order chi connectivity index (χ0) is 18.4. The van der Waals surface area contributed by atoms with Gasteiger partial charge in [0.2, 0.25) is 5.91 Å². The summed E-state index contributed by atoms with van der Waals surface area (Å²) in [6.07, 6.45) is 1.36. The van der Waals surface area contributed by atoms with Gasteiger partial charge in [-0.1, -0.05) is 11.6 Å². The van der Waals surface area contributed by atoms with Gasteiger partial charge in [0.25, 0.3) is 10.2 Å². The van der Waals surface area contributed by atoms with Gasteiger partial charge in [0, 0.05) is 32.2 Å². The van der Waals surface area contributed by atoms with Crippen LogP contribution in [0.25, 0.3) is 0 Å². The van der Waals surface area contributed by atoms with E-state index < -0.39 is 10.2 Å². The highest BCUT2D eigenvalue weighted by atomic mass is 35.5. The summed E-state index contributed by atoms with van der Waals surface area (Å²) in [6.45, 7) is 1.35. The van der Waals surface area contributed by atoms with Gasteiger partial charge in [-0.15, -0.1) is 0 Å². The molecule has 1 fully saturated rings. The number of hydrogen-bond acceptors (Lipinski definition) is 4. The van der Waals surface area contributed by atoms with E-state index in [1.807, 2.05) is 0 Å². The monoisotopic (exact) mass is 389 g/mol. The van der Waals surface area contributed by atoms with Gasteiger partial charge in [-0.3, -0.25) is 4.79 Å². The molecular weight excluding hydrogens is 366 g/mol. The van der Waals surface area contributed by atoms with Crippen molar-refractivity contribution in [2.24, 2.45) is 5.92 Å². The highest BCUT2D eigenvalue weighted by Gasteiger charge is 2.33. The van der Waals surface area contributed by atoms with Crippen LogP contribution in [0.1, 0.15) is 12.8 Å². The van der Waals surface area contributed by atoms with Crippen molar-refractivity contribution >= 4 is 27.7 Å². The highest BCUT2D eigenvalue weighted by Crippen LogP contribution is 2.20.